The molecule has 2 aromatic heterocycles. The van der Waals surface area contributed by atoms with Crippen LogP contribution in [0.15, 0.2) is 29.0 Å². The van der Waals surface area contributed by atoms with Gasteiger partial charge in [0.2, 0.25) is 5.88 Å². The van der Waals surface area contributed by atoms with Crippen molar-refractivity contribution in [2.45, 2.75) is 6.92 Å². The molecule has 0 fully saturated rings. The summed E-state index contributed by atoms with van der Waals surface area (Å²) in [6.45, 7) is 1.58. The monoisotopic (exact) mass is 385 g/mol. The van der Waals surface area contributed by atoms with E-state index in [4.69, 9.17) is 16.3 Å². The van der Waals surface area contributed by atoms with E-state index in [0.29, 0.717) is 21.1 Å². The largest absolute Gasteiger partial charge is 0.434 e. The number of rotatable bonds is 2. The fourth-order valence-corrected chi connectivity index (χ4v) is 2.25. The number of fused-ring (bicyclic) bond motifs is 1. The molecule has 0 bridgehead atoms. The van der Waals surface area contributed by atoms with E-state index in [1.165, 1.54) is 12.3 Å². The van der Waals surface area contributed by atoms with Crippen LogP contribution in [0.4, 0.5) is 8.78 Å². The molecule has 22 heavy (non-hydrogen) atoms. The maximum Gasteiger partial charge on any atom is 0.241 e. The first-order valence-corrected chi connectivity index (χ1v) is 7.24. The second-order valence-electron chi connectivity index (χ2n) is 4.39. The minimum Gasteiger partial charge on any atom is -0.434 e. The molecule has 0 amide bonds. The van der Waals surface area contributed by atoms with Crippen LogP contribution >= 0.6 is 27.5 Å². The molecule has 3 aromatic rings. The summed E-state index contributed by atoms with van der Waals surface area (Å²) in [6, 6.07) is 3.87. The van der Waals surface area contributed by atoms with Crippen molar-refractivity contribution >= 4 is 38.6 Å². The highest BCUT2D eigenvalue weighted by Gasteiger charge is 2.15. The van der Waals surface area contributed by atoms with Crippen LogP contribution in [-0.4, -0.2) is 15.0 Å². The molecule has 2 heterocycles. The lowest BCUT2D eigenvalue weighted by Gasteiger charge is -2.10. The lowest BCUT2D eigenvalue weighted by molar-refractivity contribution is 0.452. The van der Waals surface area contributed by atoms with E-state index in [2.05, 4.69) is 30.9 Å². The normalized spacial score (nSPS) is 11.0. The maximum absolute atomic E-state index is 13.7. The van der Waals surface area contributed by atoms with Gasteiger partial charge < -0.3 is 4.74 Å². The lowest BCUT2D eigenvalue weighted by Crippen LogP contribution is -1.99. The zero-order valence-electron chi connectivity index (χ0n) is 11.1. The van der Waals surface area contributed by atoms with Crippen LogP contribution in [0.2, 0.25) is 5.02 Å². The van der Waals surface area contributed by atoms with Crippen LogP contribution < -0.4 is 4.74 Å². The molecule has 0 spiro atoms. The summed E-state index contributed by atoms with van der Waals surface area (Å²) in [7, 11) is 0. The zero-order chi connectivity index (χ0) is 15.9. The smallest absolute Gasteiger partial charge is 0.241 e. The Bertz CT molecular complexity index is 892. The fraction of sp³-hybridized carbons (Fsp3) is 0.0714. The van der Waals surface area contributed by atoms with Gasteiger partial charge in [-0.1, -0.05) is 11.6 Å². The van der Waals surface area contributed by atoms with E-state index in [0.717, 1.165) is 6.07 Å². The zero-order valence-corrected chi connectivity index (χ0v) is 13.4. The Morgan fingerprint density at radius 3 is 2.77 bits per heavy atom. The lowest BCUT2D eigenvalue weighted by atomic mass is 10.2. The molecular formula is C14H7BrClF2N3O. The number of hydrogen-bond acceptors (Lipinski definition) is 4. The van der Waals surface area contributed by atoms with E-state index in [1.807, 2.05) is 0 Å². The van der Waals surface area contributed by atoms with Gasteiger partial charge in [-0.05, 0) is 35.0 Å². The second kappa shape index (κ2) is 5.73. The summed E-state index contributed by atoms with van der Waals surface area (Å²) in [5, 5.41) is 0.387. The van der Waals surface area contributed by atoms with Crippen molar-refractivity contribution in [2.75, 3.05) is 0 Å². The van der Waals surface area contributed by atoms with Crippen LogP contribution in [0, 0.1) is 18.6 Å². The first-order valence-electron chi connectivity index (χ1n) is 6.07. The summed E-state index contributed by atoms with van der Waals surface area (Å²) in [4.78, 5) is 12.2. The minimum absolute atomic E-state index is 0.145. The SMILES string of the molecule is Cc1nc2c(F)c(F)ccc2nc1Oc1cc(Cl)cnc1Br. The van der Waals surface area contributed by atoms with Crippen LogP contribution in [-0.2, 0) is 0 Å². The van der Waals surface area contributed by atoms with Crippen molar-refractivity contribution in [1.82, 2.24) is 15.0 Å². The number of ether oxygens (including phenoxy) is 1. The predicted octanol–water partition coefficient (Wildman–Crippen LogP) is 4.82. The molecule has 0 saturated heterocycles. The van der Waals surface area contributed by atoms with Crippen molar-refractivity contribution in [3.8, 4) is 11.6 Å². The molecule has 0 radical (unpaired) electrons. The Morgan fingerprint density at radius 2 is 2.00 bits per heavy atom. The standard InChI is InChI=1S/C14H7BrClF2N3O/c1-6-14(22-10-4-7(16)5-19-13(10)15)21-9-3-2-8(17)11(18)12(9)20-6/h2-5H,1H3. The van der Waals surface area contributed by atoms with E-state index >= 15 is 0 Å². The predicted molar refractivity (Wildman–Crippen MR) is 81.2 cm³/mol. The summed E-state index contributed by atoms with van der Waals surface area (Å²) >= 11 is 9.10. The van der Waals surface area contributed by atoms with Crippen LogP contribution in [0.1, 0.15) is 5.69 Å². The quantitative estimate of drug-likeness (QED) is 0.593. The van der Waals surface area contributed by atoms with Gasteiger partial charge in [0.1, 0.15) is 15.8 Å². The molecule has 3 rings (SSSR count). The number of nitrogens with zero attached hydrogens (tertiary/aromatic N) is 3. The molecular weight excluding hydrogens is 380 g/mol. The highest BCUT2D eigenvalue weighted by Crippen LogP contribution is 2.31. The van der Waals surface area contributed by atoms with Crippen LogP contribution in [0.3, 0.4) is 0 Å². The Labute approximate surface area is 137 Å². The van der Waals surface area contributed by atoms with Gasteiger partial charge in [-0.25, -0.2) is 23.7 Å². The Balaban J connectivity index is 2.10. The second-order valence-corrected chi connectivity index (χ2v) is 5.58. The molecule has 4 nitrogen and oxygen atoms in total. The molecule has 0 aliphatic carbocycles. The van der Waals surface area contributed by atoms with E-state index < -0.39 is 11.6 Å². The summed E-state index contributed by atoms with van der Waals surface area (Å²) < 4.78 is 33.0. The molecule has 112 valence electrons. The first-order chi connectivity index (χ1) is 10.5. The van der Waals surface area contributed by atoms with Gasteiger partial charge in [0.25, 0.3) is 0 Å². The average Bonchev–Trinajstić information content (AvgIpc) is 2.48. The first kappa shape index (κ1) is 15.1. The van der Waals surface area contributed by atoms with Crippen LogP contribution in [0.25, 0.3) is 11.0 Å². The van der Waals surface area contributed by atoms with Crippen molar-refractivity contribution in [2.24, 2.45) is 0 Å². The topological polar surface area (TPSA) is 47.9 Å². The van der Waals surface area contributed by atoms with Crippen molar-refractivity contribution in [1.29, 1.82) is 0 Å². The average molecular weight is 387 g/mol. The molecule has 0 saturated carbocycles. The highest BCUT2D eigenvalue weighted by atomic mass is 79.9. The summed E-state index contributed by atoms with van der Waals surface area (Å²) in [5.74, 6) is -1.52. The van der Waals surface area contributed by atoms with E-state index in [9.17, 15) is 8.78 Å². The molecule has 0 N–H and O–H groups in total. The third-order valence-corrected chi connectivity index (χ3v) is 3.64. The van der Waals surface area contributed by atoms with Gasteiger partial charge >= 0.3 is 0 Å². The van der Waals surface area contributed by atoms with Gasteiger partial charge in [-0.3, -0.25) is 0 Å². The van der Waals surface area contributed by atoms with Crippen molar-refractivity contribution < 1.29 is 13.5 Å². The van der Waals surface area contributed by atoms with Gasteiger partial charge in [-0.2, -0.15) is 0 Å². The van der Waals surface area contributed by atoms with Crippen molar-refractivity contribution in [3.63, 3.8) is 0 Å². The summed E-state index contributed by atoms with van der Waals surface area (Å²) in [6.07, 6.45) is 1.45. The molecule has 0 aliphatic rings. The fourth-order valence-electron chi connectivity index (χ4n) is 1.81. The molecule has 1 aromatic carbocycles. The molecule has 0 unspecified atom stereocenters. The Morgan fingerprint density at radius 1 is 1.23 bits per heavy atom. The third-order valence-electron chi connectivity index (χ3n) is 2.84. The molecule has 0 atom stereocenters. The Hall–Kier alpha value is -1.86. The van der Waals surface area contributed by atoms with Gasteiger partial charge in [0.15, 0.2) is 17.4 Å². The minimum atomic E-state index is -1.04. The molecule has 0 aliphatic heterocycles. The number of aryl methyl sites for hydroxylation is 1. The van der Waals surface area contributed by atoms with Gasteiger partial charge in [-0.15, -0.1) is 0 Å². The number of hydrogen-bond donors (Lipinski definition) is 0. The van der Waals surface area contributed by atoms with E-state index in [1.54, 1.807) is 13.0 Å². The maximum atomic E-state index is 13.7. The highest BCUT2D eigenvalue weighted by molar-refractivity contribution is 9.10. The number of pyridine rings is 1. The van der Waals surface area contributed by atoms with Crippen LogP contribution in [0.5, 0.6) is 11.6 Å². The Kier molecular flexibility index (Phi) is 3.92. The van der Waals surface area contributed by atoms with Gasteiger partial charge in [0.05, 0.1) is 10.5 Å². The van der Waals surface area contributed by atoms with E-state index in [-0.39, 0.29) is 16.9 Å². The van der Waals surface area contributed by atoms with Gasteiger partial charge in [0, 0.05) is 12.3 Å². The third kappa shape index (κ3) is 2.74. The number of benzene rings is 1. The number of aromatic nitrogens is 3. The van der Waals surface area contributed by atoms with Crippen molar-refractivity contribution in [3.05, 3.63) is 51.4 Å². The summed E-state index contributed by atoms with van der Waals surface area (Å²) in [5.41, 5.74) is 0.350. The number of halogens is 4. The molecule has 8 heteroatoms.